The third kappa shape index (κ3) is 4.63. The van der Waals surface area contributed by atoms with E-state index in [0.717, 1.165) is 17.6 Å². The van der Waals surface area contributed by atoms with Crippen LogP contribution in [0.4, 0.5) is 4.79 Å². The minimum atomic E-state index is -0.493. The zero-order chi connectivity index (χ0) is 20.7. The lowest BCUT2D eigenvalue weighted by Crippen LogP contribution is -2.41. The highest BCUT2D eigenvalue weighted by Crippen LogP contribution is 2.36. The van der Waals surface area contributed by atoms with Crippen molar-refractivity contribution in [1.29, 1.82) is 0 Å². The van der Waals surface area contributed by atoms with Crippen molar-refractivity contribution in [2.75, 3.05) is 13.1 Å². The first-order valence-electron chi connectivity index (χ1n) is 9.96. The number of ether oxygens (including phenoxy) is 2. The van der Waals surface area contributed by atoms with Crippen LogP contribution in [0.1, 0.15) is 54.9 Å². The van der Waals surface area contributed by atoms with E-state index >= 15 is 0 Å². The van der Waals surface area contributed by atoms with Gasteiger partial charge in [0.2, 0.25) is 0 Å². The summed E-state index contributed by atoms with van der Waals surface area (Å²) in [4.78, 5) is 13.9. The normalized spacial score (nSPS) is 23.8. The van der Waals surface area contributed by atoms with E-state index in [1.54, 1.807) is 4.90 Å². The van der Waals surface area contributed by atoms with Gasteiger partial charge in [-0.15, -0.1) is 0 Å². The molecule has 6 nitrogen and oxygen atoms in total. The molecule has 2 fully saturated rings. The van der Waals surface area contributed by atoms with Gasteiger partial charge in [0.25, 0.3) is 0 Å². The Morgan fingerprint density at radius 3 is 2.43 bits per heavy atom. The molecule has 2 aliphatic heterocycles. The Bertz CT molecular complexity index is 712. The zero-order valence-electron chi connectivity index (χ0n) is 18.1. The molecule has 7 heteroatoms. The highest BCUT2D eigenvalue weighted by molar-refractivity contribution is 6.62. The Balaban J connectivity index is 1.61. The number of benzene rings is 1. The average Bonchev–Trinajstić information content (AvgIpc) is 3.09. The van der Waals surface area contributed by atoms with Gasteiger partial charge in [-0.05, 0) is 66.1 Å². The Morgan fingerprint density at radius 1 is 1.18 bits per heavy atom. The van der Waals surface area contributed by atoms with E-state index in [2.05, 4.69) is 0 Å². The number of hydrogen-bond acceptors (Lipinski definition) is 5. The standard InChI is InChI=1S/C21H32BNO5/c1-19(2,3)26-18(24)23-12-11-17(14-23)25-16-10-8-9-15(13-16)22-27-20(4,5)21(6,7)28-22/h8-10,13,17H,11-12,14H2,1-7H3. The lowest BCUT2D eigenvalue weighted by molar-refractivity contribution is 0.00578. The number of rotatable bonds is 3. The van der Waals surface area contributed by atoms with Crippen LogP contribution >= 0.6 is 0 Å². The molecule has 0 saturated carbocycles. The first-order valence-corrected chi connectivity index (χ1v) is 9.96. The molecule has 0 bridgehead atoms. The van der Waals surface area contributed by atoms with Crippen LogP contribution in [0.25, 0.3) is 0 Å². The molecular formula is C21H32BNO5. The quantitative estimate of drug-likeness (QED) is 0.742. The van der Waals surface area contributed by atoms with Crippen molar-refractivity contribution in [3.8, 4) is 5.75 Å². The van der Waals surface area contributed by atoms with E-state index in [0.29, 0.717) is 13.1 Å². The van der Waals surface area contributed by atoms with Gasteiger partial charge in [-0.25, -0.2) is 4.79 Å². The second-order valence-electron chi connectivity index (χ2n) is 9.62. The van der Waals surface area contributed by atoms with Crippen LogP contribution in [0.15, 0.2) is 24.3 Å². The summed E-state index contributed by atoms with van der Waals surface area (Å²) < 4.78 is 23.8. The molecule has 2 saturated heterocycles. The van der Waals surface area contributed by atoms with Crippen molar-refractivity contribution < 1.29 is 23.6 Å². The number of likely N-dealkylation sites (tertiary alicyclic amines) is 1. The molecule has 0 aliphatic carbocycles. The van der Waals surface area contributed by atoms with Gasteiger partial charge in [-0.1, -0.05) is 12.1 Å². The first kappa shape index (κ1) is 21.0. The van der Waals surface area contributed by atoms with E-state index in [4.69, 9.17) is 18.8 Å². The Morgan fingerprint density at radius 2 is 1.82 bits per heavy atom. The Hall–Kier alpha value is -1.73. The molecule has 1 amide bonds. The van der Waals surface area contributed by atoms with Crippen LogP contribution in [0, 0.1) is 0 Å². The van der Waals surface area contributed by atoms with Crippen molar-refractivity contribution in [3.63, 3.8) is 0 Å². The van der Waals surface area contributed by atoms with E-state index in [1.165, 1.54) is 0 Å². The number of carbonyl (C=O) groups is 1. The van der Waals surface area contributed by atoms with Crippen molar-refractivity contribution in [1.82, 2.24) is 4.90 Å². The lowest BCUT2D eigenvalue weighted by Gasteiger charge is -2.32. The van der Waals surface area contributed by atoms with Crippen LogP contribution in [-0.2, 0) is 14.0 Å². The third-order valence-corrected chi connectivity index (χ3v) is 5.48. The number of nitrogens with zero attached hydrogens (tertiary/aromatic N) is 1. The fourth-order valence-corrected chi connectivity index (χ4v) is 3.22. The fourth-order valence-electron chi connectivity index (χ4n) is 3.22. The maximum absolute atomic E-state index is 12.2. The van der Waals surface area contributed by atoms with E-state index in [1.807, 2.05) is 72.7 Å². The molecule has 0 radical (unpaired) electrons. The highest BCUT2D eigenvalue weighted by atomic mass is 16.7. The van der Waals surface area contributed by atoms with Crippen LogP contribution in [0.5, 0.6) is 5.75 Å². The van der Waals surface area contributed by atoms with Crippen LogP contribution in [0.3, 0.4) is 0 Å². The second-order valence-corrected chi connectivity index (χ2v) is 9.62. The van der Waals surface area contributed by atoms with Gasteiger partial charge < -0.3 is 23.7 Å². The molecule has 0 N–H and O–H groups in total. The number of carbonyl (C=O) groups excluding carboxylic acids is 1. The predicted molar refractivity (Wildman–Crippen MR) is 109 cm³/mol. The maximum atomic E-state index is 12.2. The van der Waals surface area contributed by atoms with E-state index in [9.17, 15) is 4.79 Å². The van der Waals surface area contributed by atoms with Crippen molar-refractivity contribution in [2.24, 2.45) is 0 Å². The summed E-state index contributed by atoms with van der Waals surface area (Å²) in [6.07, 6.45) is 0.436. The molecule has 28 heavy (non-hydrogen) atoms. The molecule has 1 atom stereocenters. The van der Waals surface area contributed by atoms with Crippen molar-refractivity contribution in [2.45, 2.75) is 77.8 Å². The van der Waals surface area contributed by atoms with Gasteiger partial charge in [0.05, 0.1) is 17.7 Å². The smallest absolute Gasteiger partial charge is 0.489 e. The molecule has 1 aromatic rings. The summed E-state index contributed by atoms with van der Waals surface area (Å²) in [5.41, 5.74) is -0.326. The van der Waals surface area contributed by atoms with Gasteiger partial charge >= 0.3 is 13.2 Å². The topological polar surface area (TPSA) is 57.2 Å². The monoisotopic (exact) mass is 389 g/mol. The van der Waals surface area contributed by atoms with Gasteiger partial charge in [0, 0.05) is 13.0 Å². The average molecular weight is 389 g/mol. The second kappa shape index (κ2) is 7.27. The van der Waals surface area contributed by atoms with Gasteiger partial charge in [-0.2, -0.15) is 0 Å². The highest BCUT2D eigenvalue weighted by Gasteiger charge is 2.51. The molecule has 2 heterocycles. The van der Waals surface area contributed by atoms with E-state index < -0.39 is 12.7 Å². The number of amides is 1. The molecule has 3 rings (SSSR count). The molecule has 0 spiro atoms. The van der Waals surface area contributed by atoms with Crippen LogP contribution < -0.4 is 10.2 Å². The van der Waals surface area contributed by atoms with Crippen molar-refractivity contribution in [3.05, 3.63) is 24.3 Å². The van der Waals surface area contributed by atoms with Gasteiger partial charge in [-0.3, -0.25) is 0 Å². The maximum Gasteiger partial charge on any atom is 0.494 e. The molecule has 2 aliphatic rings. The lowest BCUT2D eigenvalue weighted by atomic mass is 9.79. The largest absolute Gasteiger partial charge is 0.494 e. The molecule has 1 unspecified atom stereocenters. The molecular weight excluding hydrogens is 357 g/mol. The minimum Gasteiger partial charge on any atom is -0.489 e. The Labute approximate surface area is 168 Å². The minimum absolute atomic E-state index is 0.0546. The third-order valence-electron chi connectivity index (χ3n) is 5.48. The summed E-state index contributed by atoms with van der Waals surface area (Å²) in [5, 5.41) is 0. The summed E-state index contributed by atoms with van der Waals surface area (Å²) >= 11 is 0. The summed E-state index contributed by atoms with van der Waals surface area (Å²) in [7, 11) is -0.421. The molecule has 1 aromatic carbocycles. The molecule has 154 valence electrons. The Kier molecular flexibility index (Phi) is 5.45. The van der Waals surface area contributed by atoms with Gasteiger partial charge in [0.15, 0.2) is 0 Å². The predicted octanol–water partition coefficient (Wildman–Crippen LogP) is 3.37. The fraction of sp³-hybridized carbons (Fsp3) is 0.667. The van der Waals surface area contributed by atoms with Crippen LogP contribution in [-0.4, -0.2) is 54.1 Å². The van der Waals surface area contributed by atoms with Gasteiger partial charge in [0.1, 0.15) is 17.5 Å². The first-order chi connectivity index (χ1) is 12.9. The van der Waals surface area contributed by atoms with E-state index in [-0.39, 0.29) is 23.4 Å². The zero-order valence-corrected chi connectivity index (χ0v) is 18.1. The molecule has 0 aromatic heterocycles. The number of hydrogen-bond donors (Lipinski definition) is 0. The summed E-state index contributed by atoms with van der Waals surface area (Å²) in [5.74, 6) is 0.753. The van der Waals surface area contributed by atoms with Crippen LogP contribution in [0.2, 0.25) is 0 Å². The summed E-state index contributed by atoms with van der Waals surface area (Å²) in [6, 6.07) is 7.80. The SMILES string of the molecule is CC(C)(C)OC(=O)N1CCC(Oc2cccc(B3OC(C)(C)C(C)(C)O3)c2)C1. The van der Waals surface area contributed by atoms with Crippen molar-refractivity contribution >= 4 is 18.7 Å². The summed E-state index contributed by atoms with van der Waals surface area (Å²) in [6.45, 7) is 14.9.